The molecule has 16 heavy (non-hydrogen) atoms. The Bertz CT molecular complexity index is 484. The standard InChI is InChI=1S/C8H8N6OS/c1-9-8-14-13-7(16-8)6(15)12-5-4-10-2-3-11-5/h2-4H,1H3,(H,9,14)(H,11,12,15). The first-order valence-electron chi connectivity index (χ1n) is 4.38. The van der Waals surface area contributed by atoms with E-state index in [2.05, 4.69) is 30.8 Å². The smallest absolute Gasteiger partial charge is 0.287 e. The molecule has 0 unspecified atom stereocenters. The maximum Gasteiger partial charge on any atom is 0.287 e. The quantitative estimate of drug-likeness (QED) is 0.811. The Morgan fingerprint density at radius 1 is 1.38 bits per heavy atom. The minimum absolute atomic E-state index is 0.273. The predicted molar refractivity (Wildman–Crippen MR) is 59.4 cm³/mol. The average molecular weight is 236 g/mol. The summed E-state index contributed by atoms with van der Waals surface area (Å²) in [7, 11) is 1.71. The number of nitrogens with one attached hydrogen (secondary N) is 2. The molecule has 2 heterocycles. The zero-order valence-corrected chi connectivity index (χ0v) is 9.15. The molecule has 0 aromatic carbocycles. The van der Waals surface area contributed by atoms with Crippen molar-refractivity contribution in [1.29, 1.82) is 0 Å². The van der Waals surface area contributed by atoms with Gasteiger partial charge in [0.25, 0.3) is 5.91 Å². The van der Waals surface area contributed by atoms with Crippen molar-refractivity contribution in [1.82, 2.24) is 20.2 Å². The van der Waals surface area contributed by atoms with Gasteiger partial charge in [-0.2, -0.15) is 0 Å². The maximum absolute atomic E-state index is 11.6. The van der Waals surface area contributed by atoms with Gasteiger partial charge in [0.05, 0.1) is 6.20 Å². The summed E-state index contributed by atoms with van der Waals surface area (Å²) in [6, 6.07) is 0. The molecular formula is C8H8N6OS. The van der Waals surface area contributed by atoms with E-state index in [-0.39, 0.29) is 10.9 Å². The van der Waals surface area contributed by atoms with Gasteiger partial charge in [0, 0.05) is 19.4 Å². The lowest BCUT2D eigenvalue weighted by molar-refractivity contribution is 0.102. The summed E-state index contributed by atoms with van der Waals surface area (Å²) in [5.41, 5.74) is 0. The highest BCUT2D eigenvalue weighted by molar-refractivity contribution is 7.17. The normalized spacial score (nSPS) is 9.81. The summed E-state index contributed by atoms with van der Waals surface area (Å²) < 4.78 is 0. The van der Waals surface area contributed by atoms with Crippen LogP contribution in [0.4, 0.5) is 10.9 Å². The first-order valence-corrected chi connectivity index (χ1v) is 5.20. The molecule has 2 rings (SSSR count). The molecule has 0 radical (unpaired) electrons. The minimum Gasteiger partial charge on any atom is -0.363 e. The highest BCUT2D eigenvalue weighted by Gasteiger charge is 2.12. The summed E-state index contributed by atoms with van der Waals surface area (Å²) in [6.07, 6.45) is 4.48. The van der Waals surface area contributed by atoms with E-state index >= 15 is 0 Å². The van der Waals surface area contributed by atoms with Crippen LogP contribution in [0.25, 0.3) is 0 Å². The molecule has 8 heteroatoms. The second-order valence-electron chi connectivity index (χ2n) is 2.71. The second kappa shape index (κ2) is 4.62. The summed E-state index contributed by atoms with van der Waals surface area (Å²) in [5, 5.41) is 13.7. The Kier molecular flexibility index (Phi) is 3.01. The molecule has 2 aromatic heterocycles. The number of carbonyl (C=O) groups is 1. The Balaban J connectivity index is 2.09. The number of amides is 1. The van der Waals surface area contributed by atoms with Crippen LogP contribution in [0.1, 0.15) is 9.80 Å². The molecule has 0 aliphatic heterocycles. The minimum atomic E-state index is -0.348. The molecule has 0 fully saturated rings. The molecule has 7 nitrogen and oxygen atoms in total. The van der Waals surface area contributed by atoms with Crippen molar-refractivity contribution >= 4 is 28.2 Å². The van der Waals surface area contributed by atoms with Crippen molar-refractivity contribution in [2.75, 3.05) is 17.7 Å². The Hall–Kier alpha value is -2.09. The molecule has 0 spiro atoms. The van der Waals surface area contributed by atoms with E-state index in [1.807, 2.05) is 0 Å². The third-order valence-corrected chi connectivity index (χ3v) is 2.58. The van der Waals surface area contributed by atoms with Crippen LogP contribution in [0.15, 0.2) is 18.6 Å². The third kappa shape index (κ3) is 2.28. The molecule has 2 aromatic rings. The van der Waals surface area contributed by atoms with Crippen molar-refractivity contribution in [3.63, 3.8) is 0 Å². The monoisotopic (exact) mass is 236 g/mol. The predicted octanol–water partition coefficient (Wildman–Crippen LogP) is 0.622. The van der Waals surface area contributed by atoms with E-state index in [0.29, 0.717) is 10.9 Å². The van der Waals surface area contributed by atoms with Gasteiger partial charge in [0.1, 0.15) is 0 Å². The number of hydrogen-bond acceptors (Lipinski definition) is 7. The molecular weight excluding hydrogens is 228 g/mol. The first kappa shape index (κ1) is 10.4. The van der Waals surface area contributed by atoms with E-state index in [1.54, 1.807) is 7.05 Å². The molecule has 0 aliphatic carbocycles. The van der Waals surface area contributed by atoms with Crippen LogP contribution in [0.2, 0.25) is 0 Å². The van der Waals surface area contributed by atoms with Gasteiger partial charge in [-0.05, 0) is 0 Å². The fourth-order valence-electron chi connectivity index (χ4n) is 0.949. The second-order valence-corrected chi connectivity index (χ2v) is 3.68. The topological polar surface area (TPSA) is 92.7 Å². The van der Waals surface area contributed by atoms with Gasteiger partial charge in [-0.1, -0.05) is 11.3 Å². The van der Waals surface area contributed by atoms with Gasteiger partial charge in [-0.25, -0.2) is 4.98 Å². The van der Waals surface area contributed by atoms with Crippen molar-refractivity contribution < 1.29 is 4.79 Å². The molecule has 1 amide bonds. The van der Waals surface area contributed by atoms with Crippen LogP contribution in [0.5, 0.6) is 0 Å². The average Bonchev–Trinajstić information content (AvgIpc) is 2.79. The van der Waals surface area contributed by atoms with Crippen LogP contribution >= 0.6 is 11.3 Å². The number of anilines is 2. The zero-order valence-electron chi connectivity index (χ0n) is 8.34. The van der Waals surface area contributed by atoms with Crippen LogP contribution in [0, 0.1) is 0 Å². The molecule has 2 N–H and O–H groups in total. The highest BCUT2D eigenvalue weighted by atomic mass is 32.1. The van der Waals surface area contributed by atoms with Crippen molar-refractivity contribution in [3.8, 4) is 0 Å². The van der Waals surface area contributed by atoms with Crippen molar-refractivity contribution in [3.05, 3.63) is 23.6 Å². The number of aromatic nitrogens is 4. The number of nitrogens with zero attached hydrogens (tertiary/aromatic N) is 4. The fourth-order valence-corrected chi connectivity index (χ4v) is 1.54. The largest absolute Gasteiger partial charge is 0.363 e. The Morgan fingerprint density at radius 2 is 2.25 bits per heavy atom. The summed E-state index contributed by atoms with van der Waals surface area (Å²) in [5.74, 6) is 0.0354. The van der Waals surface area contributed by atoms with Crippen LogP contribution in [0.3, 0.4) is 0 Å². The van der Waals surface area contributed by atoms with Gasteiger partial charge < -0.3 is 10.6 Å². The van der Waals surface area contributed by atoms with Crippen LogP contribution < -0.4 is 10.6 Å². The lowest BCUT2D eigenvalue weighted by Crippen LogP contribution is -2.12. The third-order valence-electron chi connectivity index (χ3n) is 1.64. The zero-order chi connectivity index (χ0) is 11.4. The molecule has 0 saturated carbocycles. The van der Waals surface area contributed by atoms with Crippen LogP contribution in [-0.2, 0) is 0 Å². The Labute approximate surface area is 95.0 Å². The Morgan fingerprint density at radius 3 is 2.88 bits per heavy atom. The number of rotatable bonds is 3. The van der Waals surface area contributed by atoms with Gasteiger partial charge in [0.15, 0.2) is 5.82 Å². The molecule has 0 bridgehead atoms. The highest BCUT2D eigenvalue weighted by Crippen LogP contribution is 2.15. The molecule has 0 saturated heterocycles. The van der Waals surface area contributed by atoms with E-state index < -0.39 is 0 Å². The van der Waals surface area contributed by atoms with E-state index in [9.17, 15) is 4.79 Å². The van der Waals surface area contributed by atoms with Crippen LogP contribution in [-0.4, -0.2) is 33.1 Å². The van der Waals surface area contributed by atoms with Gasteiger partial charge in [-0.3, -0.25) is 9.78 Å². The number of carbonyl (C=O) groups excluding carboxylic acids is 1. The lowest BCUT2D eigenvalue weighted by atomic mass is 10.6. The molecule has 0 atom stereocenters. The van der Waals surface area contributed by atoms with Crippen molar-refractivity contribution in [2.45, 2.75) is 0 Å². The first-order chi connectivity index (χ1) is 7.79. The van der Waals surface area contributed by atoms with Gasteiger partial charge in [-0.15, -0.1) is 10.2 Å². The summed E-state index contributed by atoms with van der Waals surface area (Å²) in [4.78, 5) is 19.4. The lowest BCUT2D eigenvalue weighted by Gasteiger charge is -1.98. The van der Waals surface area contributed by atoms with E-state index in [1.165, 1.54) is 29.9 Å². The molecule has 82 valence electrons. The summed E-state index contributed by atoms with van der Waals surface area (Å²) >= 11 is 1.17. The van der Waals surface area contributed by atoms with Gasteiger partial charge >= 0.3 is 0 Å². The van der Waals surface area contributed by atoms with Gasteiger partial charge in [0.2, 0.25) is 10.1 Å². The fraction of sp³-hybridized carbons (Fsp3) is 0.125. The van der Waals surface area contributed by atoms with Crippen molar-refractivity contribution in [2.24, 2.45) is 0 Å². The van der Waals surface area contributed by atoms with E-state index in [0.717, 1.165) is 0 Å². The number of hydrogen-bond donors (Lipinski definition) is 2. The molecule has 0 aliphatic rings. The maximum atomic E-state index is 11.6. The SMILES string of the molecule is CNc1nnc(C(=O)Nc2cnccn2)s1. The van der Waals surface area contributed by atoms with E-state index in [4.69, 9.17) is 0 Å². The summed E-state index contributed by atoms with van der Waals surface area (Å²) in [6.45, 7) is 0.